The van der Waals surface area contributed by atoms with Gasteiger partial charge in [-0.3, -0.25) is 9.88 Å². The van der Waals surface area contributed by atoms with Crippen molar-refractivity contribution in [1.82, 2.24) is 9.88 Å². The van der Waals surface area contributed by atoms with Crippen LogP contribution in [0.15, 0.2) is 60.2 Å². The standard InChI is InChI=1S/C22H23F3N2O2S/c1-16-4-2-3-5-17(16)11-27(13-21-10-26-15-30-21)12-19(28)14-29-20-8-6-18(7-9-20)22(23,24)25/h2-10,15,19,28H,11-14H2,1H3. The van der Waals surface area contributed by atoms with Gasteiger partial charge in [-0.1, -0.05) is 24.3 Å². The Morgan fingerprint density at radius 3 is 2.47 bits per heavy atom. The lowest BCUT2D eigenvalue weighted by atomic mass is 10.1. The Balaban J connectivity index is 1.59. The fourth-order valence-electron chi connectivity index (χ4n) is 3.04. The van der Waals surface area contributed by atoms with E-state index in [1.54, 1.807) is 23.0 Å². The molecule has 0 aliphatic carbocycles. The third-order valence-corrected chi connectivity index (χ3v) is 5.38. The molecule has 30 heavy (non-hydrogen) atoms. The minimum atomic E-state index is -4.38. The Bertz CT molecular complexity index is 915. The molecule has 1 atom stereocenters. The number of aliphatic hydroxyl groups excluding tert-OH is 1. The van der Waals surface area contributed by atoms with E-state index in [9.17, 15) is 18.3 Å². The Labute approximate surface area is 177 Å². The normalized spacial score (nSPS) is 12.9. The Morgan fingerprint density at radius 2 is 1.83 bits per heavy atom. The monoisotopic (exact) mass is 436 g/mol. The number of aliphatic hydroxyl groups is 1. The topological polar surface area (TPSA) is 45.6 Å². The molecule has 0 aliphatic heterocycles. The number of aryl methyl sites for hydroxylation is 1. The van der Waals surface area contributed by atoms with E-state index in [-0.39, 0.29) is 12.4 Å². The van der Waals surface area contributed by atoms with Gasteiger partial charge in [-0.05, 0) is 42.3 Å². The smallest absolute Gasteiger partial charge is 0.416 e. The van der Waals surface area contributed by atoms with E-state index in [0.717, 1.165) is 22.6 Å². The predicted octanol–water partition coefficient (Wildman–Crippen LogP) is 4.91. The van der Waals surface area contributed by atoms with Crippen molar-refractivity contribution in [2.45, 2.75) is 32.3 Å². The first-order valence-corrected chi connectivity index (χ1v) is 10.3. The summed E-state index contributed by atoms with van der Waals surface area (Å²) in [6, 6.07) is 12.5. The van der Waals surface area contributed by atoms with Crippen LogP contribution in [0.3, 0.4) is 0 Å². The number of rotatable bonds is 9. The largest absolute Gasteiger partial charge is 0.491 e. The van der Waals surface area contributed by atoms with Gasteiger partial charge >= 0.3 is 6.18 Å². The lowest BCUT2D eigenvalue weighted by Gasteiger charge is -2.25. The summed E-state index contributed by atoms with van der Waals surface area (Å²) in [5, 5.41) is 10.5. The zero-order chi connectivity index (χ0) is 21.6. The van der Waals surface area contributed by atoms with Crippen LogP contribution in [-0.2, 0) is 19.3 Å². The van der Waals surface area contributed by atoms with Crippen LogP contribution in [0, 0.1) is 6.92 Å². The van der Waals surface area contributed by atoms with Crippen molar-refractivity contribution in [3.63, 3.8) is 0 Å². The minimum absolute atomic E-state index is 0.0155. The first-order valence-electron chi connectivity index (χ1n) is 9.43. The molecule has 160 valence electrons. The average molecular weight is 436 g/mol. The van der Waals surface area contributed by atoms with Crippen molar-refractivity contribution in [3.05, 3.63) is 81.8 Å². The third kappa shape index (κ3) is 6.55. The zero-order valence-corrected chi connectivity index (χ0v) is 17.3. The molecule has 0 fully saturated rings. The molecule has 0 saturated heterocycles. The van der Waals surface area contributed by atoms with Crippen molar-refractivity contribution < 1.29 is 23.0 Å². The number of hydrogen-bond acceptors (Lipinski definition) is 5. The maximum atomic E-state index is 12.6. The molecule has 0 spiro atoms. The molecule has 0 aliphatic rings. The van der Waals surface area contributed by atoms with Crippen molar-refractivity contribution in [3.8, 4) is 5.75 Å². The van der Waals surface area contributed by atoms with Crippen LogP contribution < -0.4 is 4.74 Å². The van der Waals surface area contributed by atoms with Crippen LogP contribution in [0.5, 0.6) is 5.75 Å². The van der Waals surface area contributed by atoms with Gasteiger partial charge in [0, 0.05) is 30.7 Å². The highest BCUT2D eigenvalue weighted by Crippen LogP contribution is 2.30. The van der Waals surface area contributed by atoms with E-state index in [2.05, 4.69) is 16.0 Å². The number of thiazole rings is 1. The maximum absolute atomic E-state index is 12.6. The Hall–Kier alpha value is -2.42. The van der Waals surface area contributed by atoms with Crippen LogP contribution in [0.2, 0.25) is 0 Å². The number of alkyl halides is 3. The highest BCUT2D eigenvalue weighted by Gasteiger charge is 2.30. The Morgan fingerprint density at radius 1 is 1.10 bits per heavy atom. The molecule has 1 unspecified atom stereocenters. The Kier molecular flexibility index (Phi) is 7.47. The van der Waals surface area contributed by atoms with Crippen LogP contribution in [0.25, 0.3) is 0 Å². The van der Waals surface area contributed by atoms with Gasteiger partial charge in [-0.15, -0.1) is 11.3 Å². The summed E-state index contributed by atoms with van der Waals surface area (Å²) < 4.78 is 43.4. The van der Waals surface area contributed by atoms with Crippen LogP contribution in [-0.4, -0.2) is 34.2 Å². The number of halogens is 3. The van der Waals surface area contributed by atoms with E-state index in [4.69, 9.17) is 4.74 Å². The number of hydrogen-bond donors (Lipinski definition) is 1. The molecular weight excluding hydrogens is 413 g/mol. The summed E-state index contributed by atoms with van der Waals surface area (Å²) in [6.45, 7) is 3.67. The number of ether oxygens (including phenoxy) is 1. The van der Waals surface area contributed by atoms with Gasteiger partial charge < -0.3 is 9.84 Å². The molecule has 1 aromatic heterocycles. The van der Waals surface area contributed by atoms with Gasteiger partial charge in [0.1, 0.15) is 18.5 Å². The number of aromatic nitrogens is 1. The zero-order valence-electron chi connectivity index (χ0n) is 16.5. The number of benzene rings is 2. The van der Waals surface area contributed by atoms with E-state index < -0.39 is 17.8 Å². The molecular formula is C22H23F3N2O2S. The van der Waals surface area contributed by atoms with Gasteiger partial charge in [0.25, 0.3) is 0 Å². The summed E-state index contributed by atoms with van der Waals surface area (Å²) in [5.74, 6) is 0.287. The van der Waals surface area contributed by atoms with E-state index >= 15 is 0 Å². The molecule has 0 saturated carbocycles. The van der Waals surface area contributed by atoms with Crippen molar-refractivity contribution >= 4 is 11.3 Å². The molecule has 0 amide bonds. The molecule has 2 aromatic carbocycles. The molecule has 8 heteroatoms. The molecule has 3 rings (SSSR count). The second kappa shape index (κ2) is 10.1. The van der Waals surface area contributed by atoms with Crippen molar-refractivity contribution in [2.75, 3.05) is 13.2 Å². The second-order valence-corrected chi connectivity index (χ2v) is 8.02. The first kappa shape index (κ1) is 22.3. The maximum Gasteiger partial charge on any atom is 0.416 e. The average Bonchev–Trinajstić information content (AvgIpc) is 3.21. The van der Waals surface area contributed by atoms with Gasteiger partial charge in [0.05, 0.1) is 11.1 Å². The predicted molar refractivity (Wildman–Crippen MR) is 110 cm³/mol. The van der Waals surface area contributed by atoms with Crippen molar-refractivity contribution in [2.24, 2.45) is 0 Å². The summed E-state index contributed by atoms with van der Waals surface area (Å²) in [6.07, 6.45) is -3.38. The van der Waals surface area contributed by atoms with Gasteiger partial charge in [-0.25, -0.2) is 0 Å². The first-order chi connectivity index (χ1) is 14.3. The summed E-state index contributed by atoms with van der Waals surface area (Å²) in [5.41, 5.74) is 3.37. The molecule has 1 N–H and O–H groups in total. The summed E-state index contributed by atoms with van der Waals surface area (Å²) in [7, 11) is 0. The molecule has 0 radical (unpaired) electrons. The van der Waals surface area contributed by atoms with Crippen LogP contribution in [0.4, 0.5) is 13.2 Å². The van der Waals surface area contributed by atoms with Gasteiger partial charge in [-0.2, -0.15) is 13.2 Å². The third-order valence-electron chi connectivity index (χ3n) is 4.61. The highest BCUT2D eigenvalue weighted by molar-refractivity contribution is 7.09. The van der Waals surface area contributed by atoms with Crippen LogP contribution >= 0.6 is 11.3 Å². The summed E-state index contributed by atoms with van der Waals surface area (Å²) in [4.78, 5) is 7.29. The van der Waals surface area contributed by atoms with Crippen molar-refractivity contribution in [1.29, 1.82) is 0 Å². The quantitative estimate of drug-likeness (QED) is 0.518. The lowest BCUT2D eigenvalue weighted by Crippen LogP contribution is -2.35. The molecule has 1 heterocycles. The minimum Gasteiger partial charge on any atom is -0.491 e. The van der Waals surface area contributed by atoms with Gasteiger partial charge in [0.2, 0.25) is 0 Å². The lowest BCUT2D eigenvalue weighted by molar-refractivity contribution is -0.137. The van der Waals surface area contributed by atoms with E-state index in [0.29, 0.717) is 19.6 Å². The van der Waals surface area contributed by atoms with E-state index in [1.807, 2.05) is 25.1 Å². The number of nitrogens with zero attached hydrogens (tertiary/aromatic N) is 2. The van der Waals surface area contributed by atoms with Crippen LogP contribution in [0.1, 0.15) is 21.6 Å². The van der Waals surface area contributed by atoms with E-state index in [1.165, 1.54) is 17.7 Å². The SMILES string of the molecule is Cc1ccccc1CN(Cc1cncs1)CC(O)COc1ccc(C(F)(F)F)cc1. The fourth-order valence-corrected chi connectivity index (χ4v) is 3.67. The molecule has 3 aromatic rings. The summed E-state index contributed by atoms with van der Waals surface area (Å²) >= 11 is 1.55. The van der Waals surface area contributed by atoms with Gasteiger partial charge in [0.15, 0.2) is 0 Å². The highest BCUT2D eigenvalue weighted by atomic mass is 32.1. The molecule has 0 bridgehead atoms. The second-order valence-electron chi connectivity index (χ2n) is 7.05. The molecule has 4 nitrogen and oxygen atoms in total. The fraction of sp³-hybridized carbons (Fsp3) is 0.318.